The topological polar surface area (TPSA) is 80.7 Å². The molecule has 1 aromatic heterocycles. The minimum Gasteiger partial charge on any atom is -0.494 e. The summed E-state index contributed by atoms with van der Waals surface area (Å²) >= 11 is 0. The zero-order valence-corrected chi connectivity index (χ0v) is 23.9. The first-order valence-electron chi connectivity index (χ1n) is 14.7. The third kappa shape index (κ3) is 6.14. The number of carbonyl (C=O) groups is 1. The number of aromatic nitrogens is 1. The molecule has 42 heavy (non-hydrogen) atoms. The predicted octanol–water partition coefficient (Wildman–Crippen LogP) is 7.52. The van der Waals surface area contributed by atoms with Crippen LogP contribution in [-0.2, 0) is 6.54 Å². The fourth-order valence-electron chi connectivity index (χ4n) is 5.71. The zero-order chi connectivity index (χ0) is 28.9. The molecule has 4 aromatic carbocycles. The van der Waals surface area contributed by atoms with Crippen LogP contribution in [0.5, 0.6) is 5.88 Å². The van der Waals surface area contributed by atoms with Gasteiger partial charge in [0.25, 0.3) is 5.91 Å². The summed E-state index contributed by atoms with van der Waals surface area (Å²) in [7, 11) is 0. The summed E-state index contributed by atoms with van der Waals surface area (Å²) in [6.45, 7) is 5.23. The van der Waals surface area contributed by atoms with Crippen molar-refractivity contribution in [3.8, 4) is 5.88 Å². The van der Waals surface area contributed by atoms with Gasteiger partial charge < -0.3 is 15.4 Å². The highest BCUT2D eigenvalue weighted by Crippen LogP contribution is 2.32. The summed E-state index contributed by atoms with van der Waals surface area (Å²) in [4.78, 5) is 23.9. The molecule has 6 nitrogen and oxygen atoms in total. The molecule has 2 heterocycles. The second-order valence-corrected chi connectivity index (χ2v) is 11.0. The molecule has 1 aliphatic heterocycles. The number of aromatic amines is 1. The molecule has 0 saturated carbocycles. The molecule has 6 heteroatoms. The molecule has 1 atom stereocenters. The third-order valence-corrected chi connectivity index (χ3v) is 8.00. The van der Waals surface area contributed by atoms with Crippen molar-refractivity contribution in [2.75, 3.05) is 13.1 Å². The minimum atomic E-state index is -0.178. The van der Waals surface area contributed by atoms with Crippen molar-refractivity contribution in [1.82, 2.24) is 15.2 Å². The Morgan fingerprint density at radius 3 is 2.29 bits per heavy atom. The van der Waals surface area contributed by atoms with Crippen LogP contribution in [-0.4, -0.2) is 39.7 Å². The second-order valence-electron chi connectivity index (χ2n) is 11.0. The lowest BCUT2D eigenvalue weighted by Gasteiger charge is -2.26. The summed E-state index contributed by atoms with van der Waals surface area (Å²) in [6, 6.07) is 33.4. The molecule has 1 saturated heterocycles. The van der Waals surface area contributed by atoms with Crippen LogP contribution in [0.25, 0.3) is 10.9 Å². The maximum atomic E-state index is 13.3. The van der Waals surface area contributed by atoms with Crippen molar-refractivity contribution in [3.05, 3.63) is 131 Å². The van der Waals surface area contributed by atoms with E-state index in [2.05, 4.69) is 27.3 Å². The predicted molar refractivity (Wildman–Crippen MR) is 170 cm³/mol. The summed E-state index contributed by atoms with van der Waals surface area (Å²) in [5.74, 6) is -0.160. The van der Waals surface area contributed by atoms with Crippen LogP contribution in [0, 0.1) is 0 Å². The Bertz CT molecular complexity index is 1690. The standard InChI is InChI=1S/C36H36N4O2/c1-25(27-11-5-2-6-12-27)37-35(41)29-17-20-32-31(23-29)33(36(42)39-32)34(28-13-7-3-8-14-28)38-30-18-15-26(16-19-30)24-40-21-9-4-10-22-40/h2-3,5-8,11-20,23,25,39,42H,4,9-10,21-22,24H2,1H3,(H,37,41)/t25-/m0/s1. The Morgan fingerprint density at radius 2 is 1.57 bits per heavy atom. The van der Waals surface area contributed by atoms with Gasteiger partial charge in [0.05, 0.1) is 23.0 Å². The molecule has 0 bridgehead atoms. The van der Waals surface area contributed by atoms with Gasteiger partial charge in [-0.3, -0.25) is 9.69 Å². The van der Waals surface area contributed by atoms with Crippen LogP contribution in [0.4, 0.5) is 5.69 Å². The fourth-order valence-corrected chi connectivity index (χ4v) is 5.71. The Labute approximate surface area is 246 Å². The van der Waals surface area contributed by atoms with Crippen molar-refractivity contribution < 1.29 is 9.90 Å². The van der Waals surface area contributed by atoms with Crippen LogP contribution in [0.1, 0.15) is 64.8 Å². The van der Waals surface area contributed by atoms with Crippen LogP contribution in [0.15, 0.2) is 108 Å². The average molecular weight is 557 g/mol. The Balaban J connectivity index is 1.34. The first-order chi connectivity index (χ1) is 20.5. The number of rotatable bonds is 8. The van der Waals surface area contributed by atoms with E-state index < -0.39 is 0 Å². The van der Waals surface area contributed by atoms with Crippen LogP contribution in [0.3, 0.4) is 0 Å². The van der Waals surface area contributed by atoms with Gasteiger partial charge in [-0.2, -0.15) is 0 Å². The summed E-state index contributed by atoms with van der Waals surface area (Å²) in [5.41, 5.74) is 6.43. The summed E-state index contributed by atoms with van der Waals surface area (Å²) in [5, 5.41) is 15.0. The van der Waals surface area contributed by atoms with Crippen molar-refractivity contribution in [2.24, 2.45) is 4.99 Å². The van der Waals surface area contributed by atoms with Gasteiger partial charge in [-0.25, -0.2) is 4.99 Å². The molecule has 0 unspecified atom stereocenters. The van der Waals surface area contributed by atoms with E-state index in [1.165, 1.54) is 24.8 Å². The van der Waals surface area contributed by atoms with Gasteiger partial charge >= 0.3 is 0 Å². The molecule has 0 aliphatic carbocycles. The fraction of sp³-hybridized carbons (Fsp3) is 0.222. The maximum Gasteiger partial charge on any atom is 0.251 e. The summed E-state index contributed by atoms with van der Waals surface area (Å²) < 4.78 is 0. The Hall–Kier alpha value is -4.68. The number of hydrogen-bond donors (Lipinski definition) is 3. The van der Waals surface area contributed by atoms with E-state index in [4.69, 9.17) is 4.99 Å². The Kier molecular flexibility index (Phi) is 8.15. The van der Waals surface area contributed by atoms with E-state index in [0.717, 1.165) is 47.4 Å². The molecule has 1 aliphatic rings. The number of H-pyrrole nitrogens is 1. The van der Waals surface area contributed by atoms with Crippen LogP contribution >= 0.6 is 0 Å². The van der Waals surface area contributed by atoms with Gasteiger partial charge in [0.2, 0.25) is 0 Å². The smallest absolute Gasteiger partial charge is 0.251 e. The van der Waals surface area contributed by atoms with Gasteiger partial charge in [-0.1, -0.05) is 79.2 Å². The van der Waals surface area contributed by atoms with Crippen molar-refractivity contribution in [1.29, 1.82) is 0 Å². The molecular weight excluding hydrogens is 520 g/mol. The maximum absolute atomic E-state index is 13.3. The number of carbonyl (C=O) groups excluding carboxylic acids is 1. The van der Waals surface area contributed by atoms with Crippen molar-refractivity contribution in [3.63, 3.8) is 0 Å². The highest BCUT2D eigenvalue weighted by molar-refractivity contribution is 6.22. The van der Waals surface area contributed by atoms with E-state index >= 15 is 0 Å². The van der Waals surface area contributed by atoms with Gasteiger partial charge in [0, 0.05) is 28.6 Å². The number of nitrogens with zero attached hydrogens (tertiary/aromatic N) is 2. The average Bonchev–Trinajstić information content (AvgIpc) is 3.36. The number of amides is 1. The highest BCUT2D eigenvalue weighted by Gasteiger charge is 2.21. The number of likely N-dealkylation sites (tertiary alicyclic amines) is 1. The Morgan fingerprint density at radius 1 is 0.881 bits per heavy atom. The molecule has 212 valence electrons. The highest BCUT2D eigenvalue weighted by atomic mass is 16.3. The second kappa shape index (κ2) is 12.5. The lowest BCUT2D eigenvalue weighted by Crippen LogP contribution is -2.28. The van der Waals surface area contributed by atoms with Gasteiger partial charge in [0.15, 0.2) is 5.88 Å². The zero-order valence-electron chi connectivity index (χ0n) is 23.9. The number of hydrogen-bond acceptors (Lipinski definition) is 4. The van der Waals surface area contributed by atoms with Gasteiger partial charge in [0.1, 0.15) is 0 Å². The van der Waals surface area contributed by atoms with Gasteiger partial charge in [-0.15, -0.1) is 0 Å². The van der Waals surface area contributed by atoms with Gasteiger partial charge in [-0.05, 0) is 74.3 Å². The molecule has 0 spiro atoms. The molecule has 0 radical (unpaired) electrons. The van der Waals surface area contributed by atoms with Crippen molar-refractivity contribution >= 4 is 28.2 Å². The first kappa shape index (κ1) is 27.5. The molecule has 5 aromatic rings. The molecule has 1 amide bonds. The largest absolute Gasteiger partial charge is 0.494 e. The first-order valence-corrected chi connectivity index (χ1v) is 14.7. The van der Waals surface area contributed by atoms with E-state index in [0.29, 0.717) is 16.8 Å². The molecule has 6 rings (SSSR count). The normalized spacial score (nSPS) is 15.0. The molecule has 1 fully saturated rings. The quantitative estimate of drug-likeness (QED) is 0.173. The van der Waals surface area contributed by atoms with E-state index in [1.54, 1.807) is 6.07 Å². The number of aromatic hydroxyl groups is 1. The molecule has 3 N–H and O–H groups in total. The number of aliphatic imine (C=N–C) groups is 1. The van der Waals surface area contributed by atoms with E-state index in [-0.39, 0.29) is 17.8 Å². The third-order valence-electron chi connectivity index (χ3n) is 8.00. The lowest BCUT2D eigenvalue weighted by atomic mass is 9.99. The monoisotopic (exact) mass is 556 g/mol. The van der Waals surface area contributed by atoms with Crippen LogP contribution in [0.2, 0.25) is 0 Å². The van der Waals surface area contributed by atoms with Crippen LogP contribution < -0.4 is 5.32 Å². The molecular formula is C36H36N4O2. The number of piperidine rings is 1. The SMILES string of the molecule is C[C@H](NC(=O)c1ccc2[nH]c(O)c(C(=Nc3ccc(CN4CCCCC4)cc3)c3ccccc3)c2c1)c1ccccc1. The summed E-state index contributed by atoms with van der Waals surface area (Å²) in [6.07, 6.45) is 3.87. The van der Waals surface area contributed by atoms with E-state index in [9.17, 15) is 9.90 Å². The lowest BCUT2D eigenvalue weighted by molar-refractivity contribution is 0.0940. The number of fused-ring (bicyclic) bond motifs is 1. The minimum absolute atomic E-state index is 0.0181. The number of nitrogens with one attached hydrogen (secondary N) is 2. The van der Waals surface area contributed by atoms with Crippen molar-refractivity contribution in [2.45, 2.75) is 38.8 Å². The van der Waals surface area contributed by atoms with E-state index in [1.807, 2.05) is 91.9 Å². The number of benzene rings is 4.